The second-order valence-corrected chi connectivity index (χ2v) is 5.46. The molecule has 4 nitrogen and oxygen atoms in total. The third kappa shape index (κ3) is 3.87. The summed E-state index contributed by atoms with van der Waals surface area (Å²) in [6.07, 6.45) is 2.48. The molecular formula is C17H18N2O2. The summed E-state index contributed by atoms with van der Waals surface area (Å²) in [5, 5.41) is 4.13. The standard InChI is InChI=1S/C17H18N2O2/c1-13-11-19(21-12-13)17(20)18-10-16-8-6-15(7-9-16)5-4-14-2-3-14/h6-9,14H,1-3,10-12H2,(H,18,20). The zero-order valence-corrected chi connectivity index (χ0v) is 11.9. The van der Waals surface area contributed by atoms with Crippen LogP contribution in [0.15, 0.2) is 36.4 Å². The predicted octanol–water partition coefficient (Wildman–Crippen LogP) is 2.46. The first-order valence-electron chi connectivity index (χ1n) is 7.16. The summed E-state index contributed by atoms with van der Waals surface area (Å²) in [4.78, 5) is 17.0. The van der Waals surface area contributed by atoms with Gasteiger partial charge in [-0.1, -0.05) is 30.6 Å². The molecule has 0 spiro atoms. The van der Waals surface area contributed by atoms with Crippen LogP contribution in [0.5, 0.6) is 0 Å². The van der Waals surface area contributed by atoms with Gasteiger partial charge in [-0.05, 0) is 36.1 Å². The van der Waals surface area contributed by atoms with Crippen LogP contribution in [-0.4, -0.2) is 24.2 Å². The van der Waals surface area contributed by atoms with E-state index in [1.165, 1.54) is 17.9 Å². The molecule has 1 saturated carbocycles. The Kier molecular flexibility index (Phi) is 3.94. The zero-order valence-electron chi connectivity index (χ0n) is 11.9. The molecule has 1 aromatic carbocycles. The number of rotatable bonds is 2. The molecule has 1 aliphatic carbocycles. The van der Waals surface area contributed by atoms with Crippen LogP contribution in [0.4, 0.5) is 4.79 Å². The molecule has 2 amide bonds. The highest BCUT2D eigenvalue weighted by Crippen LogP contribution is 2.27. The molecule has 1 saturated heterocycles. The summed E-state index contributed by atoms with van der Waals surface area (Å²) in [5.74, 6) is 7.02. The van der Waals surface area contributed by atoms with Gasteiger partial charge in [-0.25, -0.2) is 4.79 Å². The van der Waals surface area contributed by atoms with Gasteiger partial charge in [0.1, 0.15) is 0 Å². The molecule has 4 heteroatoms. The average Bonchev–Trinajstić information content (AvgIpc) is 3.23. The molecule has 108 valence electrons. The normalized spacial score (nSPS) is 17.3. The van der Waals surface area contributed by atoms with Crippen molar-refractivity contribution >= 4 is 6.03 Å². The molecule has 1 aromatic rings. The maximum absolute atomic E-state index is 11.8. The van der Waals surface area contributed by atoms with Crippen LogP contribution in [0, 0.1) is 17.8 Å². The topological polar surface area (TPSA) is 41.6 Å². The molecule has 21 heavy (non-hydrogen) atoms. The lowest BCUT2D eigenvalue weighted by molar-refractivity contribution is -0.0658. The van der Waals surface area contributed by atoms with Gasteiger partial charge >= 0.3 is 6.03 Å². The fourth-order valence-corrected chi connectivity index (χ4v) is 1.98. The summed E-state index contributed by atoms with van der Waals surface area (Å²) in [5.41, 5.74) is 2.97. The molecule has 0 bridgehead atoms. The van der Waals surface area contributed by atoms with Gasteiger partial charge in [0.25, 0.3) is 0 Å². The number of hydroxylamine groups is 2. The molecule has 0 unspecified atom stereocenters. The molecule has 0 aromatic heterocycles. The van der Waals surface area contributed by atoms with Crippen molar-refractivity contribution in [1.29, 1.82) is 0 Å². The lowest BCUT2D eigenvalue weighted by Gasteiger charge is -2.14. The Morgan fingerprint density at radius 1 is 1.38 bits per heavy atom. The van der Waals surface area contributed by atoms with Gasteiger partial charge < -0.3 is 5.32 Å². The van der Waals surface area contributed by atoms with Crippen LogP contribution in [0.1, 0.15) is 24.0 Å². The van der Waals surface area contributed by atoms with E-state index in [1.54, 1.807) is 0 Å². The Hall–Kier alpha value is -2.25. The highest BCUT2D eigenvalue weighted by Gasteiger charge is 2.21. The van der Waals surface area contributed by atoms with Gasteiger partial charge in [0.05, 0.1) is 13.2 Å². The summed E-state index contributed by atoms with van der Waals surface area (Å²) in [6.45, 7) is 5.14. The number of hydrogen-bond donors (Lipinski definition) is 1. The van der Waals surface area contributed by atoms with Crippen molar-refractivity contribution in [2.45, 2.75) is 19.4 Å². The van der Waals surface area contributed by atoms with Crippen LogP contribution < -0.4 is 5.32 Å². The van der Waals surface area contributed by atoms with E-state index in [0.717, 1.165) is 16.7 Å². The van der Waals surface area contributed by atoms with Crippen molar-refractivity contribution in [3.8, 4) is 11.8 Å². The van der Waals surface area contributed by atoms with E-state index in [4.69, 9.17) is 4.84 Å². The number of carbonyl (C=O) groups is 1. The molecule has 3 rings (SSSR count). The van der Waals surface area contributed by atoms with E-state index in [2.05, 4.69) is 23.7 Å². The van der Waals surface area contributed by atoms with Gasteiger partial charge in [-0.15, -0.1) is 0 Å². The van der Waals surface area contributed by atoms with Crippen molar-refractivity contribution in [3.63, 3.8) is 0 Å². The predicted molar refractivity (Wildman–Crippen MR) is 80.1 cm³/mol. The first-order chi connectivity index (χ1) is 10.2. The van der Waals surface area contributed by atoms with Gasteiger partial charge in [-0.2, -0.15) is 5.06 Å². The van der Waals surface area contributed by atoms with Gasteiger partial charge in [0.15, 0.2) is 0 Å². The van der Waals surface area contributed by atoms with E-state index in [1.807, 2.05) is 24.3 Å². The highest BCUT2D eigenvalue weighted by atomic mass is 16.7. The number of amides is 2. The number of nitrogens with one attached hydrogen (secondary N) is 1. The monoisotopic (exact) mass is 282 g/mol. The van der Waals surface area contributed by atoms with Crippen LogP contribution in [-0.2, 0) is 11.4 Å². The van der Waals surface area contributed by atoms with E-state index in [-0.39, 0.29) is 6.03 Å². The Balaban J connectivity index is 1.50. The number of hydrogen-bond acceptors (Lipinski definition) is 2. The molecule has 0 radical (unpaired) electrons. The van der Waals surface area contributed by atoms with Gasteiger partial charge in [-0.3, -0.25) is 4.84 Å². The summed E-state index contributed by atoms with van der Waals surface area (Å²) in [7, 11) is 0. The third-order valence-electron chi connectivity index (χ3n) is 3.41. The second-order valence-electron chi connectivity index (χ2n) is 5.46. The van der Waals surface area contributed by atoms with Crippen molar-refractivity contribution in [1.82, 2.24) is 10.4 Å². The van der Waals surface area contributed by atoms with E-state index >= 15 is 0 Å². The SMILES string of the molecule is C=C1CON(C(=O)NCc2ccc(C#CC3CC3)cc2)C1. The highest BCUT2D eigenvalue weighted by molar-refractivity contribution is 5.73. The first kappa shape index (κ1) is 13.7. The Morgan fingerprint density at radius 3 is 2.76 bits per heavy atom. The maximum Gasteiger partial charge on any atom is 0.341 e. The molecule has 2 aliphatic rings. The van der Waals surface area contributed by atoms with E-state index in [0.29, 0.717) is 25.6 Å². The quantitative estimate of drug-likeness (QED) is 0.669. The largest absolute Gasteiger partial charge is 0.341 e. The number of nitrogens with zero attached hydrogens (tertiary/aromatic N) is 1. The summed E-state index contributed by atoms with van der Waals surface area (Å²) in [6, 6.07) is 7.73. The minimum absolute atomic E-state index is 0.230. The smallest absolute Gasteiger partial charge is 0.332 e. The Bertz CT molecular complexity index is 606. The molecule has 1 heterocycles. The lowest BCUT2D eigenvalue weighted by Crippen LogP contribution is -2.36. The Morgan fingerprint density at radius 2 is 2.14 bits per heavy atom. The van der Waals surface area contributed by atoms with Crippen LogP contribution >= 0.6 is 0 Å². The van der Waals surface area contributed by atoms with Crippen molar-refractivity contribution in [2.24, 2.45) is 5.92 Å². The van der Waals surface area contributed by atoms with E-state index in [9.17, 15) is 4.79 Å². The molecule has 1 aliphatic heterocycles. The van der Waals surface area contributed by atoms with Crippen molar-refractivity contribution in [3.05, 3.63) is 47.5 Å². The lowest BCUT2D eigenvalue weighted by atomic mass is 10.1. The number of benzene rings is 1. The Labute approximate surface area is 124 Å². The van der Waals surface area contributed by atoms with Crippen LogP contribution in [0.25, 0.3) is 0 Å². The first-order valence-corrected chi connectivity index (χ1v) is 7.16. The zero-order chi connectivity index (χ0) is 14.7. The fourth-order valence-electron chi connectivity index (χ4n) is 1.98. The molecule has 1 N–H and O–H groups in total. The van der Waals surface area contributed by atoms with Crippen LogP contribution in [0.3, 0.4) is 0 Å². The minimum Gasteiger partial charge on any atom is -0.332 e. The van der Waals surface area contributed by atoms with Crippen molar-refractivity contribution < 1.29 is 9.63 Å². The molecular weight excluding hydrogens is 264 g/mol. The maximum atomic E-state index is 11.8. The average molecular weight is 282 g/mol. The van der Waals surface area contributed by atoms with Gasteiger partial charge in [0.2, 0.25) is 0 Å². The van der Waals surface area contributed by atoms with Crippen molar-refractivity contribution in [2.75, 3.05) is 13.2 Å². The number of urea groups is 1. The third-order valence-corrected chi connectivity index (χ3v) is 3.41. The molecule has 0 atom stereocenters. The number of carbonyl (C=O) groups excluding carboxylic acids is 1. The van der Waals surface area contributed by atoms with E-state index < -0.39 is 0 Å². The summed E-state index contributed by atoms with van der Waals surface area (Å²) < 4.78 is 0. The second kappa shape index (κ2) is 6.02. The minimum atomic E-state index is -0.230. The van der Waals surface area contributed by atoms with Gasteiger partial charge in [0, 0.05) is 18.0 Å². The fraction of sp³-hybridized carbons (Fsp3) is 0.353. The summed E-state index contributed by atoms with van der Waals surface area (Å²) >= 11 is 0. The molecule has 2 fully saturated rings. The van der Waals surface area contributed by atoms with Crippen LogP contribution in [0.2, 0.25) is 0 Å².